The molecule has 0 saturated heterocycles. The molecule has 0 aliphatic carbocycles. The first-order chi connectivity index (χ1) is 8.94. The standard InChI is InChI=1S/C14H18BrNO3/c1-4-9-14(2,13(18)19-3)16-12(17)10-7-5-6-8-11(10)15/h5-8H,4,9H2,1-3H3,(H,16,17). The average molecular weight is 328 g/mol. The number of rotatable bonds is 5. The van der Waals surface area contributed by atoms with Crippen molar-refractivity contribution in [3.8, 4) is 0 Å². The van der Waals surface area contributed by atoms with Crippen LogP contribution in [0.5, 0.6) is 0 Å². The molecule has 0 saturated carbocycles. The van der Waals surface area contributed by atoms with Gasteiger partial charge in [0, 0.05) is 4.47 Å². The molecule has 5 heteroatoms. The molecule has 1 amide bonds. The molecule has 0 heterocycles. The Kier molecular flexibility index (Phi) is 5.54. The average Bonchev–Trinajstić information content (AvgIpc) is 2.38. The van der Waals surface area contributed by atoms with E-state index in [4.69, 9.17) is 4.74 Å². The van der Waals surface area contributed by atoms with Gasteiger partial charge in [0.2, 0.25) is 0 Å². The van der Waals surface area contributed by atoms with Crippen molar-refractivity contribution in [3.05, 3.63) is 34.3 Å². The van der Waals surface area contributed by atoms with Gasteiger partial charge in [-0.3, -0.25) is 4.79 Å². The van der Waals surface area contributed by atoms with Crippen LogP contribution in [0.1, 0.15) is 37.0 Å². The summed E-state index contributed by atoms with van der Waals surface area (Å²) in [5.41, 5.74) is -0.510. The highest BCUT2D eigenvalue weighted by molar-refractivity contribution is 9.10. The van der Waals surface area contributed by atoms with Crippen LogP contribution in [0.2, 0.25) is 0 Å². The SMILES string of the molecule is CCCC(C)(NC(=O)c1ccccc1Br)C(=O)OC. The van der Waals surface area contributed by atoms with Gasteiger partial charge in [-0.15, -0.1) is 0 Å². The van der Waals surface area contributed by atoms with Crippen LogP contribution >= 0.6 is 15.9 Å². The van der Waals surface area contributed by atoms with Crippen molar-refractivity contribution in [1.29, 1.82) is 0 Å². The van der Waals surface area contributed by atoms with Gasteiger partial charge in [0.15, 0.2) is 0 Å². The molecule has 0 aliphatic heterocycles. The molecule has 1 aromatic rings. The summed E-state index contributed by atoms with van der Waals surface area (Å²) < 4.78 is 5.46. The first kappa shape index (κ1) is 15.7. The minimum atomic E-state index is -1.00. The van der Waals surface area contributed by atoms with E-state index >= 15 is 0 Å². The fourth-order valence-corrected chi connectivity index (χ4v) is 2.37. The fourth-order valence-electron chi connectivity index (χ4n) is 1.90. The van der Waals surface area contributed by atoms with Crippen molar-refractivity contribution in [2.24, 2.45) is 0 Å². The summed E-state index contributed by atoms with van der Waals surface area (Å²) in [7, 11) is 1.32. The minimum Gasteiger partial charge on any atom is -0.467 e. The molecule has 0 radical (unpaired) electrons. The third-order valence-corrected chi connectivity index (χ3v) is 3.59. The molecular formula is C14H18BrNO3. The van der Waals surface area contributed by atoms with E-state index in [0.29, 0.717) is 16.5 Å². The van der Waals surface area contributed by atoms with E-state index in [-0.39, 0.29) is 5.91 Å². The molecule has 0 aliphatic rings. The van der Waals surface area contributed by atoms with Gasteiger partial charge >= 0.3 is 5.97 Å². The maximum absolute atomic E-state index is 12.2. The molecule has 0 spiro atoms. The minimum absolute atomic E-state index is 0.297. The molecule has 4 nitrogen and oxygen atoms in total. The molecule has 1 aromatic carbocycles. The number of methoxy groups -OCH3 is 1. The number of hydrogen-bond donors (Lipinski definition) is 1. The zero-order chi connectivity index (χ0) is 14.5. The van der Waals surface area contributed by atoms with E-state index in [0.717, 1.165) is 6.42 Å². The van der Waals surface area contributed by atoms with Crippen LogP contribution < -0.4 is 5.32 Å². The lowest BCUT2D eigenvalue weighted by Gasteiger charge is -2.27. The molecule has 0 bridgehead atoms. The van der Waals surface area contributed by atoms with Gasteiger partial charge in [-0.05, 0) is 41.4 Å². The van der Waals surface area contributed by atoms with Gasteiger partial charge in [0.1, 0.15) is 5.54 Å². The second kappa shape index (κ2) is 6.70. The Hall–Kier alpha value is -1.36. The Bertz CT molecular complexity index is 476. The summed E-state index contributed by atoms with van der Waals surface area (Å²) in [5.74, 6) is -0.733. The summed E-state index contributed by atoms with van der Waals surface area (Å²) in [6, 6.07) is 7.08. The van der Waals surface area contributed by atoms with Crippen molar-refractivity contribution >= 4 is 27.8 Å². The molecule has 0 aromatic heterocycles. The quantitative estimate of drug-likeness (QED) is 0.846. The Morgan fingerprint density at radius 1 is 1.37 bits per heavy atom. The van der Waals surface area contributed by atoms with Crippen molar-refractivity contribution in [2.75, 3.05) is 7.11 Å². The van der Waals surface area contributed by atoms with Gasteiger partial charge in [-0.1, -0.05) is 25.5 Å². The number of hydrogen-bond acceptors (Lipinski definition) is 3. The molecule has 0 fully saturated rings. The summed E-state index contributed by atoms with van der Waals surface area (Å²) >= 11 is 3.32. The highest BCUT2D eigenvalue weighted by Crippen LogP contribution is 2.19. The lowest BCUT2D eigenvalue weighted by Crippen LogP contribution is -2.52. The molecule has 1 unspecified atom stereocenters. The van der Waals surface area contributed by atoms with Gasteiger partial charge < -0.3 is 10.1 Å². The zero-order valence-electron chi connectivity index (χ0n) is 11.3. The molecule has 19 heavy (non-hydrogen) atoms. The zero-order valence-corrected chi connectivity index (χ0v) is 12.9. The van der Waals surface area contributed by atoms with Gasteiger partial charge in [0.25, 0.3) is 5.91 Å². The van der Waals surface area contributed by atoms with Crippen molar-refractivity contribution in [2.45, 2.75) is 32.2 Å². The number of benzene rings is 1. The number of nitrogens with one attached hydrogen (secondary N) is 1. The van der Waals surface area contributed by atoms with Crippen LogP contribution in [0.25, 0.3) is 0 Å². The number of carbonyl (C=O) groups excluding carboxylic acids is 2. The van der Waals surface area contributed by atoms with E-state index in [9.17, 15) is 9.59 Å². The van der Waals surface area contributed by atoms with E-state index in [1.54, 1.807) is 25.1 Å². The summed E-state index contributed by atoms with van der Waals surface area (Å²) in [6.45, 7) is 3.63. The largest absolute Gasteiger partial charge is 0.467 e. The first-order valence-electron chi connectivity index (χ1n) is 6.10. The molecule has 104 valence electrons. The predicted octanol–water partition coefficient (Wildman–Crippen LogP) is 2.91. The first-order valence-corrected chi connectivity index (χ1v) is 6.89. The maximum Gasteiger partial charge on any atom is 0.331 e. The predicted molar refractivity (Wildman–Crippen MR) is 76.9 cm³/mol. The van der Waals surface area contributed by atoms with Gasteiger partial charge in [0.05, 0.1) is 12.7 Å². The monoisotopic (exact) mass is 327 g/mol. The highest BCUT2D eigenvalue weighted by atomic mass is 79.9. The summed E-state index contributed by atoms with van der Waals surface area (Å²) in [5, 5.41) is 2.76. The lowest BCUT2D eigenvalue weighted by molar-refractivity contribution is -0.147. The summed E-state index contributed by atoms with van der Waals surface area (Å²) in [6.07, 6.45) is 1.29. The van der Waals surface area contributed by atoms with Crippen molar-refractivity contribution < 1.29 is 14.3 Å². The van der Waals surface area contributed by atoms with Crippen LogP contribution in [-0.4, -0.2) is 24.5 Å². The molecular weight excluding hydrogens is 310 g/mol. The number of esters is 1. The summed E-state index contributed by atoms with van der Waals surface area (Å²) in [4.78, 5) is 24.1. The van der Waals surface area contributed by atoms with Crippen LogP contribution in [-0.2, 0) is 9.53 Å². The van der Waals surface area contributed by atoms with Crippen LogP contribution in [0.15, 0.2) is 28.7 Å². The fraction of sp³-hybridized carbons (Fsp3) is 0.429. The number of amides is 1. The van der Waals surface area contributed by atoms with Gasteiger partial charge in [-0.2, -0.15) is 0 Å². The van der Waals surface area contributed by atoms with Crippen LogP contribution in [0.3, 0.4) is 0 Å². The van der Waals surface area contributed by atoms with Crippen molar-refractivity contribution in [3.63, 3.8) is 0 Å². The van der Waals surface area contributed by atoms with E-state index < -0.39 is 11.5 Å². The van der Waals surface area contributed by atoms with E-state index in [1.807, 2.05) is 13.0 Å². The van der Waals surface area contributed by atoms with E-state index in [2.05, 4.69) is 21.2 Å². The number of ether oxygens (including phenoxy) is 1. The third kappa shape index (κ3) is 3.80. The second-order valence-electron chi connectivity index (χ2n) is 4.51. The molecule has 1 N–H and O–H groups in total. The molecule has 1 atom stereocenters. The van der Waals surface area contributed by atoms with Crippen LogP contribution in [0, 0.1) is 0 Å². The van der Waals surface area contributed by atoms with Crippen LogP contribution in [0.4, 0.5) is 0 Å². The lowest BCUT2D eigenvalue weighted by atomic mass is 9.95. The second-order valence-corrected chi connectivity index (χ2v) is 5.36. The normalized spacial score (nSPS) is 13.5. The topological polar surface area (TPSA) is 55.4 Å². The third-order valence-electron chi connectivity index (χ3n) is 2.89. The smallest absolute Gasteiger partial charge is 0.331 e. The Morgan fingerprint density at radius 3 is 2.53 bits per heavy atom. The Morgan fingerprint density at radius 2 is 2.00 bits per heavy atom. The highest BCUT2D eigenvalue weighted by Gasteiger charge is 2.35. The number of halogens is 1. The number of carbonyl (C=O) groups is 2. The maximum atomic E-state index is 12.2. The Balaban J connectivity index is 2.95. The van der Waals surface area contributed by atoms with Gasteiger partial charge in [-0.25, -0.2) is 4.79 Å². The Labute approximate surface area is 121 Å². The van der Waals surface area contributed by atoms with E-state index in [1.165, 1.54) is 7.11 Å². The molecule has 1 rings (SSSR count). The van der Waals surface area contributed by atoms with Crippen molar-refractivity contribution in [1.82, 2.24) is 5.32 Å².